The monoisotopic (exact) mass is 521 g/mol. The van der Waals surface area contributed by atoms with Crippen molar-refractivity contribution in [3.63, 3.8) is 0 Å². The van der Waals surface area contributed by atoms with Crippen LogP contribution in [0.25, 0.3) is 0 Å². The Bertz CT molecular complexity index is 1140. The lowest BCUT2D eigenvalue weighted by atomic mass is 9.05. The second-order valence-corrected chi connectivity index (χ2v) is 20.2. The van der Waals surface area contributed by atoms with E-state index < -0.39 is 0 Å². The normalized spacial score (nSPS) is 64.1. The highest BCUT2D eigenvalue weighted by molar-refractivity contribution is 5.53. The minimum atomic E-state index is 0.216. The fraction of sp³-hybridized carbons (Fsp3) is 1.00. The van der Waals surface area contributed by atoms with E-state index in [-0.39, 0.29) is 54.1 Å². The molecule has 216 valence electrons. The highest BCUT2D eigenvalue weighted by atomic mass is 15.1. The second-order valence-electron chi connectivity index (χ2n) is 20.2. The maximum atomic E-state index is 2.97. The largest absolute Gasteiger partial charge is 0.0590 e. The predicted molar refractivity (Wildman–Crippen MR) is 162 cm³/mol. The van der Waals surface area contributed by atoms with E-state index in [1.54, 1.807) is 0 Å². The van der Waals surface area contributed by atoms with E-state index in [0.29, 0.717) is 10.8 Å². The van der Waals surface area contributed by atoms with Crippen molar-refractivity contribution >= 4 is 0 Å². The van der Waals surface area contributed by atoms with Crippen molar-refractivity contribution in [1.29, 1.82) is 0 Å². The molecule has 8 aliphatic rings. The molecule has 0 aromatic carbocycles. The molecule has 10 atom stereocenters. The standard InChI is InChI=1S/C38H64/c1-27(2)25(23-19-17-20-23)31(9)26(24-21-18-22-24)32(10)28(3,4)34(12)29(5,6)37(15)35(31,13)30(7,8)36(14,33(27,34)11)38(32,37)16/h23-26H,17-22H2,1-16H3. The van der Waals surface area contributed by atoms with Crippen LogP contribution in [0.1, 0.15) is 149 Å². The topological polar surface area (TPSA) is 0 Å². The summed E-state index contributed by atoms with van der Waals surface area (Å²) in [5.74, 6) is 3.45. The van der Waals surface area contributed by atoms with Crippen molar-refractivity contribution in [3.05, 3.63) is 0 Å². The molecule has 0 aromatic rings. The predicted octanol–water partition coefficient (Wildman–Crippen LogP) is 11.0. The zero-order chi connectivity index (χ0) is 28.6. The van der Waals surface area contributed by atoms with Gasteiger partial charge in [-0.15, -0.1) is 0 Å². The molecule has 6 bridgehead atoms. The van der Waals surface area contributed by atoms with Crippen LogP contribution in [0.15, 0.2) is 0 Å². The number of hydrogen-bond acceptors (Lipinski definition) is 0. The average Bonchev–Trinajstić information content (AvgIpc) is 2.80. The summed E-state index contributed by atoms with van der Waals surface area (Å²) in [6.07, 6.45) is 8.88. The summed E-state index contributed by atoms with van der Waals surface area (Å²) in [5.41, 5.74) is 3.08. The Morgan fingerprint density at radius 3 is 1.18 bits per heavy atom. The van der Waals surface area contributed by atoms with Gasteiger partial charge in [0.15, 0.2) is 0 Å². The number of rotatable bonds is 2. The fourth-order valence-corrected chi connectivity index (χ4v) is 19.6. The molecule has 0 saturated heterocycles. The third-order valence-corrected chi connectivity index (χ3v) is 21.9. The van der Waals surface area contributed by atoms with Crippen LogP contribution in [0.3, 0.4) is 0 Å². The maximum absolute atomic E-state index is 2.97. The molecule has 0 heterocycles. The summed E-state index contributed by atoms with van der Waals surface area (Å²) in [5, 5.41) is 0. The zero-order valence-corrected chi connectivity index (χ0v) is 28.6. The van der Waals surface area contributed by atoms with Gasteiger partial charge in [0.25, 0.3) is 0 Å². The highest BCUT2D eigenvalue weighted by Gasteiger charge is 3.07. The fourth-order valence-electron chi connectivity index (χ4n) is 19.6. The van der Waals surface area contributed by atoms with Crippen molar-refractivity contribution in [2.75, 3.05) is 0 Å². The van der Waals surface area contributed by atoms with Crippen molar-refractivity contribution in [1.82, 2.24) is 0 Å². The average molecular weight is 521 g/mol. The van der Waals surface area contributed by atoms with Gasteiger partial charge in [-0.25, -0.2) is 0 Å². The molecule has 0 aliphatic heterocycles. The molecule has 0 amide bonds. The van der Waals surface area contributed by atoms with Gasteiger partial charge in [0.05, 0.1) is 0 Å². The third-order valence-electron chi connectivity index (χ3n) is 21.9. The lowest BCUT2D eigenvalue weighted by Gasteiger charge is -2.98. The van der Waals surface area contributed by atoms with Crippen LogP contribution >= 0.6 is 0 Å². The summed E-state index contributed by atoms with van der Waals surface area (Å²) < 4.78 is 0. The molecule has 0 radical (unpaired) electrons. The molecule has 10 unspecified atom stereocenters. The maximum Gasteiger partial charge on any atom is -0.0134 e. The molecule has 0 aromatic heterocycles. The van der Waals surface area contributed by atoms with Crippen molar-refractivity contribution in [2.45, 2.75) is 149 Å². The molecule has 0 heteroatoms. The Kier molecular flexibility index (Phi) is 4.19. The summed E-state index contributed by atoms with van der Waals surface area (Å²) in [6, 6.07) is 0. The van der Waals surface area contributed by atoms with E-state index in [0.717, 1.165) is 23.7 Å². The molecule has 8 saturated carbocycles. The smallest absolute Gasteiger partial charge is 0.0134 e. The van der Waals surface area contributed by atoms with Crippen molar-refractivity contribution in [2.24, 2.45) is 88.7 Å². The Hall–Kier alpha value is 0. The van der Waals surface area contributed by atoms with Crippen molar-refractivity contribution in [3.8, 4) is 0 Å². The minimum absolute atomic E-state index is 0.216. The van der Waals surface area contributed by atoms with Crippen LogP contribution in [0.5, 0.6) is 0 Å². The summed E-state index contributed by atoms with van der Waals surface area (Å²) >= 11 is 0. The van der Waals surface area contributed by atoms with Gasteiger partial charge in [-0.2, -0.15) is 0 Å². The van der Waals surface area contributed by atoms with E-state index in [2.05, 4.69) is 111 Å². The third kappa shape index (κ3) is 1.53. The van der Waals surface area contributed by atoms with Crippen molar-refractivity contribution < 1.29 is 0 Å². The second kappa shape index (κ2) is 5.92. The molecule has 0 N–H and O–H groups in total. The molecule has 38 heavy (non-hydrogen) atoms. The van der Waals surface area contributed by atoms with E-state index in [1.165, 1.54) is 38.5 Å². The van der Waals surface area contributed by atoms with Gasteiger partial charge in [-0.1, -0.05) is 149 Å². The summed E-state index contributed by atoms with van der Waals surface area (Å²) in [4.78, 5) is 0. The molecule has 0 spiro atoms. The van der Waals surface area contributed by atoms with Crippen LogP contribution < -0.4 is 0 Å². The van der Waals surface area contributed by atoms with E-state index >= 15 is 0 Å². The van der Waals surface area contributed by atoms with Gasteiger partial charge < -0.3 is 0 Å². The molecule has 8 aliphatic carbocycles. The van der Waals surface area contributed by atoms with Gasteiger partial charge in [0, 0.05) is 0 Å². The molecular formula is C38H64. The van der Waals surface area contributed by atoms with Gasteiger partial charge in [0.1, 0.15) is 0 Å². The van der Waals surface area contributed by atoms with Gasteiger partial charge in [0.2, 0.25) is 0 Å². The molecule has 8 rings (SSSR count). The SMILES string of the molecule is CC1(C)C(C2CCC2)C2(C)C(C3CCC3)C3(C)C(C)(C)C4(C)C(C)(C)C5(C)C2(C)C(C)(C)C(C)(C14C)C35C. The van der Waals surface area contributed by atoms with Gasteiger partial charge in [-0.3, -0.25) is 0 Å². The van der Waals surface area contributed by atoms with Crippen LogP contribution in [-0.2, 0) is 0 Å². The Morgan fingerprint density at radius 2 is 0.763 bits per heavy atom. The van der Waals surface area contributed by atoms with E-state index in [9.17, 15) is 0 Å². The number of hydrogen-bond donors (Lipinski definition) is 0. The van der Waals surface area contributed by atoms with Crippen LogP contribution in [0.2, 0.25) is 0 Å². The molecule has 8 fully saturated rings. The van der Waals surface area contributed by atoms with E-state index in [1.807, 2.05) is 0 Å². The molecular weight excluding hydrogens is 456 g/mol. The van der Waals surface area contributed by atoms with Gasteiger partial charge in [-0.05, 0) is 88.7 Å². The van der Waals surface area contributed by atoms with Crippen LogP contribution in [0.4, 0.5) is 0 Å². The van der Waals surface area contributed by atoms with E-state index in [4.69, 9.17) is 0 Å². The summed E-state index contributed by atoms with van der Waals surface area (Å²) in [7, 11) is 0. The summed E-state index contributed by atoms with van der Waals surface area (Å²) in [6.45, 7) is 45.9. The first-order chi connectivity index (χ1) is 17.0. The Labute approximate surface area is 237 Å². The zero-order valence-electron chi connectivity index (χ0n) is 28.6. The highest BCUT2D eigenvalue weighted by Crippen LogP contribution is 3.11. The lowest BCUT2D eigenvalue weighted by molar-refractivity contribution is -0.517. The first-order valence-corrected chi connectivity index (χ1v) is 17.0. The quantitative estimate of drug-likeness (QED) is 0.339. The van der Waals surface area contributed by atoms with Crippen LogP contribution in [-0.4, -0.2) is 0 Å². The Balaban J connectivity index is 1.82. The first kappa shape index (κ1) is 26.9. The Morgan fingerprint density at radius 1 is 0.368 bits per heavy atom. The molecule has 0 nitrogen and oxygen atoms in total. The first-order valence-electron chi connectivity index (χ1n) is 17.0. The van der Waals surface area contributed by atoms with Gasteiger partial charge >= 0.3 is 0 Å². The lowest BCUT2D eigenvalue weighted by Crippen LogP contribution is -2.94. The van der Waals surface area contributed by atoms with Crippen LogP contribution in [0, 0.1) is 88.7 Å². The minimum Gasteiger partial charge on any atom is -0.0590 e.